The van der Waals surface area contributed by atoms with Gasteiger partial charge in [0.2, 0.25) is 5.91 Å². The summed E-state index contributed by atoms with van der Waals surface area (Å²) >= 11 is 5.96. The van der Waals surface area contributed by atoms with Gasteiger partial charge in [0.15, 0.2) is 0 Å². The Hall–Kier alpha value is -1.96. The fourth-order valence-electron chi connectivity index (χ4n) is 3.81. The summed E-state index contributed by atoms with van der Waals surface area (Å²) in [5.41, 5.74) is 0.500. The highest BCUT2D eigenvalue weighted by atomic mass is 35.5. The first kappa shape index (κ1) is 18.4. The summed E-state index contributed by atoms with van der Waals surface area (Å²) in [5, 5.41) is 1.04. The smallest absolute Gasteiger partial charge is 0.258 e. The molecule has 144 valence electrons. The van der Waals surface area contributed by atoms with Gasteiger partial charge >= 0.3 is 0 Å². The first-order valence-electron chi connectivity index (χ1n) is 9.49. The van der Waals surface area contributed by atoms with Crippen molar-refractivity contribution < 1.29 is 4.79 Å². The SMILES string of the molecule is O=C(CN1CCN(Cc2nc3ccc(Cl)cc3c(=O)[nH]2)CC1)N1CCCC1. The number of nitrogens with zero attached hydrogens (tertiary/aromatic N) is 4. The lowest BCUT2D eigenvalue weighted by molar-refractivity contribution is -0.131. The quantitative estimate of drug-likeness (QED) is 0.853. The fourth-order valence-corrected chi connectivity index (χ4v) is 3.98. The molecule has 0 bridgehead atoms. The van der Waals surface area contributed by atoms with Crippen molar-refractivity contribution in [3.8, 4) is 0 Å². The minimum atomic E-state index is -0.160. The summed E-state index contributed by atoms with van der Waals surface area (Å²) < 4.78 is 0. The average molecular weight is 390 g/mol. The summed E-state index contributed by atoms with van der Waals surface area (Å²) in [6.45, 7) is 6.35. The van der Waals surface area contributed by atoms with E-state index in [2.05, 4.69) is 19.8 Å². The van der Waals surface area contributed by atoms with Gasteiger partial charge < -0.3 is 9.88 Å². The summed E-state index contributed by atoms with van der Waals surface area (Å²) in [6.07, 6.45) is 2.26. The molecule has 3 heterocycles. The van der Waals surface area contributed by atoms with Crippen LogP contribution >= 0.6 is 11.6 Å². The van der Waals surface area contributed by atoms with Crippen LogP contribution in [0.25, 0.3) is 10.9 Å². The molecule has 27 heavy (non-hydrogen) atoms. The zero-order valence-electron chi connectivity index (χ0n) is 15.3. The van der Waals surface area contributed by atoms with E-state index in [1.807, 2.05) is 4.90 Å². The fraction of sp³-hybridized carbons (Fsp3) is 0.526. The Morgan fingerprint density at radius 3 is 2.52 bits per heavy atom. The molecule has 7 nitrogen and oxygen atoms in total. The Labute approximate surface area is 162 Å². The van der Waals surface area contributed by atoms with Crippen LogP contribution in [0, 0.1) is 0 Å². The summed E-state index contributed by atoms with van der Waals surface area (Å²) in [4.78, 5) is 38.4. The van der Waals surface area contributed by atoms with Gasteiger partial charge in [-0.1, -0.05) is 11.6 Å². The van der Waals surface area contributed by atoms with Crippen LogP contribution in [0.2, 0.25) is 5.02 Å². The molecule has 1 aromatic heterocycles. The van der Waals surface area contributed by atoms with Crippen LogP contribution in [0.1, 0.15) is 18.7 Å². The topological polar surface area (TPSA) is 72.5 Å². The second kappa shape index (κ2) is 7.96. The largest absolute Gasteiger partial charge is 0.342 e. The molecule has 1 N–H and O–H groups in total. The van der Waals surface area contributed by atoms with Gasteiger partial charge in [-0.05, 0) is 31.0 Å². The van der Waals surface area contributed by atoms with Gasteiger partial charge in [-0.25, -0.2) is 4.98 Å². The Balaban J connectivity index is 1.34. The number of aromatic nitrogens is 2. The molecule has 2 saturated heterocycles. The van der Waals surface area contributed by atoms with Crippen LogP contribution in [-0.4, -0.2) is 76.4 Å². The van der Waals surface area contributed by atoms with E-state index in [1.54, 1.807) is 18.2 Å². The number of hydrogen-bond donors (Lipinski definition) is 1. The number of benzene rings is 1. The zero-order chi connectivity index (χ0) is 18.8. The lowest BCUT2D eigenvalue weighted by Crippen LogP contribution is -2.49. The number of likely N-dealkylation sites (tertiary alicyclic amines) is 1. The molecule has 0 saturated carbocycles. The molecule has 0 unspecified atom stereocenters. The number of halogens is 1. The zero-order valence-corrected chi connectivity index (χ0v) is 16.0. The predicted octanol–water partition coefficient (Wildman–Crippen LogP) is 1.32. The maximum absolute atomic E-state index is 12.3. The summed E-state index contributed by atoms with van der Waals surface area (Å²) in [6, 6.07) is 5.16. The number of aromatic amines is 1. The normalized spacial score (nSPS) is 19.1. The molecule has 0 aliphatic carbocycles. The Morgan fingerprint density at radius 2 is 1.78 bits per heavy atom. The van der Waals surface area contributed by atoms with Crippen molar-refractivity contribution in [1.29, 1.82) is 0 Å². The number of nitrogens with one attached hydrogen (secondary N) is 1. The highest BCUT2D eigenvalue weighted by Gasteiger charge is 2.23. The number of rotatable bonds is 4. The Kier molecular flexibility index (Phi) is 5.43. The maximum atomic E-state index is 12.3. The standard InChI is InChI=1S/C19H24ClN5O2/c20-14-3-4-16-15(11-14)19(27)22-17(21-16)12-23-7-9-24(10-8-23)13-18(26)25-5-1-2-6-25/h3-4,11H,1-2,5-10,12-13H2,(H,21,22,27). The molecule has 2 aliphatic heterocycles. The molecule has 4 rings (SSSR count). The molecule has 2 aromatic rings. The molecular weight excluding hydrogens is 366 g/mol. The highest BCUT2D eigenvalue weighted by Crippen LogP contribution is 2.15. The third-order valence-electron chi connectivity index (χ3n) is 5.37. The van der Waals surface area contributed by atoms with E-state index in [4.69, 9.17) is 11.6 Å². The summed E-state index contributed by atoms with van der Waals surface area (Å²) in [7, 11) is 0. The van der Waals surface area contributed by atoms with Gasteiger partial charge in [0, 0.05) is 44.3 Å². The monoisotopic (exact) mass is 389 g/mol. The number of piperazine rings is 1. The van der Waals surface area contributed by atoms with E-state index < -0.39 is 0 Å². The lowest BCUT2D eigenvalue weighted by atomic mass is 10.2. The van der Waals surface area contributed by atoms with E-state index in [0.29, 0.717) is 34.8 Å². The number of hydrogen-bond acceptors (Lipinski definition) is 5. The van der Waals surface area contributed by atoms with Crippen molar-refractivity contribution in [3.05, 3.63) is 39.4 Å². The van der Waals surface area contributed by atoms with E-state index in [0.717, 1.165) is 52.1 Å². The van der Waals surface area contributed by atoms with Crippen LogP contribution < -0.4 is 5.56 Å². The molecule has 0 atom stereocenters. The van der Waals surface area contributed by atoms with Crippen LogP contribution in [-0.2, 0) is 11.3 Å². The van der Waals surface area contributed by atoms with Crippen LogP contribution in [0.15, 0.2) is 23.0 Å². The third kappa shape index (κ3) is 4.31. The molecule has 8 heteroatoms. The second-order valence-electron chi connectivity index (χ2n) is 7.31. The van der Waals surface area contributed by atoms with E-state index in [-0.39, 0.29) is 11.5 Å². The summed E-state index contributed by atoms with van der Waals surface area (Å²) in [5.74, 6) is 0.913. The number of fused-ring (bicyclic) bond motifs is 1. The minimum Gasteiger partial charge on any atom is -0.342 e. The van der Waals surface area contributed by atoms with E-state index >= 15 is 0 Å². The molecule has 2 fully saturated rings. The van der Waals surface area contributed by atoms with E-state index in [1.165, 1.54) is 0 Å². The second-order valence-corrected chi connectivity index (χ2v) is 7.75. The first-order valence-corrected chi connectivity index (χ1v) is 9.87. The van der Waals surface area contributed by atoms with Gasteiger partial charge in [-0.3, -0.25) is 19.4 Å². The van der Waals surface area contributed by atoms with Crippen LogP contribution in [0.5, 0.6) is 0 Å². The van der Waals surface area contributed by atoms with Crippen LogP contribution in [0.3, 0.4) is 0 Å². The molecular formula is C19H24ClN5O2. The van der Waals surface area contributed by atoms with Crippen molar-refractivity contribution in [3.63, 3.8) is 0 Å². The van der Waals surface area contributed by atoms with Crippen molar-refractivity contribution in [2.45, 2.75) is 19.4 Å². The highest BCUT2D eigenvalue weighted by molar-refractivity contribution is 6.31. The van der Waals surface area contributed by atoms with Crippen molar-refractivity contribution in [2.24, 2.45) is 0 Å². The number of carbonyl (C=O) groups excluding carboxylic acids is 1. The number of amides is 1. The van der Waals surface area contributed by atoms with Gasteiger partial charge in [-0.2, -0.15) is 0 Å². The van der Waals surface area contributed by atoms with E-state index in [9.17, 15) is 9.59 Å². The maximum Gasteiger partial charge on any atom is 0.258 e. The Morgan fingerprint density at radius 1 is 1.07 bits per heavy atom. The lowest BCUT2D eigenvalue weighted by Gasteiger charge is -2.34. The molecule has 2 aliphatic rings. The number of carbonyl (C=O) groups is 1. The van der Waals surface area contributed by atoms with Crippen molar-refractivity contribution in [2.75, 3.05) is 45.8 Å². The van der Waals surface area contributed by atoms with Crippen LogP contribution in [0.4, 0.5) is 0 Å². The van der Waals surface area contributed by atoms with Crippen molar-refractivity contribution >= 4 is 28.4 Å². The average Bonchev–Trinajstić information content (AvgIpc) is 3.19. The minimum absolute atomic E-state index is 0.160. The van der Waals surface area contributed by atoms with Gasteiger partial charge in [0.05, 0.1) is 24.0 Å². The predicted molar refractivity (Wildman–Crippen MR) is 105 cm³/mol. The molecule has 0 spiro atoms. The van der Waals surface area contributed by atoms with Gasteiger partial charge in [0.25, 0.3) is 5.56 Å². The first-order chi connectivity index (χ1) is 13.1. The molecule has 1 amide bonds. The Bertz CT molecular complexity index is 885. The van der Waals surface area contributed by atoms with Gasteiger partial charge in [-0.15, -0.1) is 0 Å². The number of H-pyrrole nitrogens is 1. The van der Waals surface area contributed by atoms with Gasteiger partial charge in [0.1, 0.15) is 5.82 Å². The molecule has 1 aromatic carbocycles. The van der Waals surface area contributed by atoms with Crippen molar-refractivity contribution in [1.82, 2.24) is 24.7 Å². The third-order valence-corrected chi connectivity index (χ3v) is 5.61. The molecule has 0 radical (unpaired) electrons.